The molecule has 1 aliphatic heterocycles. The molecule has 1 heteroatoms. The zero-order valence-electron chi connectivity index (χ0n) is 7.19. The van der Waals surface area contributed by atoms with Crippen LogP contribution in [0.2, 0.25) is 0 Å². The van der Waals surface area contributed by atoms with E-state index in [0.29, 0.717) is 0 Å². The predicted molar refractivity (Wildman–Crippen MR) is 45.1 cm³/mol. The summed E-state index contributed by atoms with van der Waals surface area (Å²) in [5.74, 6) is 0.857. The van der Waals surface area contributed by atoms with E-state index in [2.05, 4.69) is 19.2 Å². The molecule has 0 aromatic heterocycles. The third-order valence-electron chi connectivity index (χ3n) is 2.17. The van der Waals surface area contributed by atoms with E-state index in [-0.39, 0.29) is 0 Å². The molecule has 0 aromatic rings. The van der Waals surface area contributed by atoms with Gasteiger partial charge in [-0.1, -0.05) is 20.3 Å². The standard InChI is InChI=1S/C9H19N/c1-8(2)7-9-5-3-4-6-10-9/h8-10H,3-7H2,1-2H3/t9-/m0/s1. The number of rotatable bonds is 2. The van der Waals surface area contributed by atoms with Crippen LogP contribution in [0.25, 0.3) is 0 Å². The SMILES string of the molecule is CC(C)C[C@@H]1CCCCN1. The Hall–Kier alpha value is -0.0400. The van der Waals surface area contributed by atoms with E-state index in [1.807, 2.05) is 0 Å². The van der Waals surface area contributed by atoms with Gasteiger partial charge in [0, 0.05) is 6.04 Å². The fraction of sp³-hybridized carbons (Fsp3) is 1.00. The molecule has 0 bridgehead atoms. The van der Waals surface area contributed by atoms with Crippen molar-refractivity contribution in [2.45, 2.75) is 45.6 Å². The van der Waals surface area contributed by atoms with Crippen molar-refractivity contribution < 1.29 is 0 Å². The number of nitrogens with one attached hydrogen (secondary N) is 1. The van der Waals surface area contributed by atoms with E-state index in [9.17, 15) is 0 Å². The molecule has 0 spiro atoms. The van der Waals surface area contributed by atoms with Gasteiger partial charge < -0.3 is 5.32 Å². The first-order chi connectivity index (χ1) is 4.79. The summed E-state index contributed by atoms with van der Waals surface area (Å²) in [6.07, 6.45) is 5.58. The van der Waals surface area contributed by atoms with Gasteiger partial charge in [-0.15, -0.1) is 0 Å². The molecule has 1 aliphatic rings. The topological polar surface area (TPSA) is 12.0 Å². The van der Waals surface area contributed by atoms with Crippen molar-refractivity contribution >= 4 is 0 Å². The zero-order chi connectivity index (χ0) is 7.40. The molecule has 1 atom stereocenters. The summed E-state index contributed by atoms with van der Waals surface area (Å²) >= 11 is 0. The lowest BCUT2D eigenvalue weighted by molar-refractivity contribution is 0.347. The highest BCUT2D eigenvalue weighted by molar-refractivity contribution is 4.72. The molecule has 0 saturated carbocycles. The molecule has 0 unspecified atom stereocenters. The third-order valence-corrected chi connectivity index (χ3v) is 2.17. The number of hydrogen-bond donors (Lipinski definition) is 1. The highest BCUT2D eigenvalue weighted by Gasteiger charge is 2.12. The first kappa shape index (κ1) is 8.06. The van der Waals surface area contributed by atoms with Gasteiger partial charge in [0.05, 0.1) is 0 Å². The van der Waals surface area contributed by atoms with Crippen molar-refractivity contribution in [3.63, 3.8) is 0 Å². The number of piperidine rings is 1. The molecule has 1 saturated heterocycles. The van der Waals surface area contributed by atoms with Crippen LogP contribution in [0.5, 0.6) is 0 Å². The van der Waals surface area contributed by atoms with Crippen LogP contribution < -0.4 is 5.32 Å². The quantitative estimate of drug-likeness (QED) is 0.621. The minimum atomic E-state index is 0.828. The van der Waals surface area contributed by atoms with Gasteiger partial charge in [-0.25, -0.2) is 0 Å². The van der Waals surface area contributed by atoms with E-state index in [1.54, 1.807) is 0 Å². The van der Waals surface area contributed by atoms with Crippen LogP contribution in [0.4, 0.5) is 0 Å². The van der Waals surface area contributed by atoms with Crippen molar-refractivity contribution in [3.8, 4) is 0 Å². The fourth-order valence-corrected chi connectivity index (χ4v) is 1.69. The van der Waals surface area contributed by atoms with E-state index in [0.717, 1.165) is 12.0 Å². The summed E-state index contributed by atoms with van der Waals surface area (Å²) in [6.45, 7) is 5.85. The second-order valence-corrected chi connectivity index (χ2v) is 3.78. The summed E-state index contributed by atoms with van der Waals surface area (Å²) in [6, 6.07) is 0.828. The predicted octanol–water partition coefficient (Wildman–Crippen LogP) is 2.17. The first-order valence-corrected chi connectivity index (χ1v) is 4.52. The van der Waals surface area contributed by atoms with E-state index < -0.39 is 0 Å². The van der Waals surface area contributed by atoms with E-state index in [1.165, 1.54) is 32.2 Å². The van der Waals surface area contributed by atoms with Crippen LogP contribution in [0, 0.1) is 5.92 Å². The second kappa shape index (κ2) is 3.97. The normalized spacial score (nSPS) is 27.3. The van der Waals surface area contributed by atoms with Gasteiger partial charge in [-0.3, -0.25) is 0 Å². The maximum absolute atomic E-state index is 3.55. The van der Waals surface area contributed by atoms with Crippen molar-refractivity contribution in [2.75, 3.05) is 6.54 Å². The van der Waals surface area contributed by atoms with Crippen LogP contribution in [0.15, 0.2) is 0 Å². The summed E-state index contributed by atoms with van der Waals surface area (Å²) in [5.41, 5.74) is 0. The molecule has 1 fully saturated rings. The van der Waals surface area contributed by atoms with Crippen LogP contribution in [-0.4, -0.2) is 12.6 Å². The van der Waals surface area contributed by atoms with Crippen LogP contribution in [0.3, 0.4) is 0 Å². The Balaban J connectivity index is 2.13. The molecule has 0 aliphatic carbocycles. The van der Waals surface area contributed by atoms with Crippen molar-refractivity contribution in [1.29, 1.82) is 0 Å². The van der Waals surface area contributed by atoms with Gasteiger partial charge in [0.15, 0.2) is 0 Å². The third kappa shape index (κ3) is 2.70. The fourth-order valence-electron chi connectivity index (χ4n) is 1.69. The summed E-state index contributed by atoms with van der Waals surface area (Å²) < 4.78 is 0. The maximum atomic E-state index is 3.55. The van der Waals surface area contributed by atoms with Gasteiger partial charge >= 0.3 is 0 Å². The Labute approximate surface area is 64.2 Å². The average Bonchev–Trinajstić information content (AvgIpc) is 1.88. The van der Waals surface area contributed by atoms with Crippen LogP contribution in [0.1, 0.15) is 39.5 Å². The van der Waals surface area contributed by atoms with E-state index in [4.69, 9.17) is 0 Å². The van der Waals surface area contributed by atoms with Crippen molar-refractivity contribution in [1.82, 2.24) is 5.32 Å². The van der Waals surface area contributed by atoms with Gasteiger partial charge in [-0.2, -0.15) is 0 Å². The Bertz CT molecular complexity index is 82.7. The highest BCUT2D eigenvalue weighted by Crippen LogP contribution is 2.14. The lowest BCUT2D eigenvalue weighted by Gasteiger charge is -2.24. The number of hydrogen-bond acceptors (Lipinski definition) is 1. The lowest BCUT2D eigenvalue weighted by Crippen LogP contribution is -2.34. The van der Waals surface area contributed by atoms with Gasteiger partial charge in [-0.05, 0) is 31.7 Å². The Morgan fingerprint density at radius 3 is 2.70 bits per heavy atom. The Morgan fingerprint density at radius 1 is 1.40 bits per heavy atom. The van der Waals surface area contributed by atoms with Gasteiger partial charge in [0.1, 0.15) is 0 Å². The Morgan fingerprint density at radius 2 is 2.20 bits per heavy atom. The molecule has 60 valence electrons. The smallest absolute Gasteiger partial charge is 0.00695 e. The minimum Gasteiger partial charge on any atom is -0.314 e. The van der Waals surface area contributed by atoms with Crippen molar-refractivity contribution in [3.05, 3.63) is 0 Å². The summed E-state index contributed by atoms with van der Waals surface area (Å²) in [5, 5.41) is 3.55. The minimum absolute atomic E-state index is 0.828. The molecular formula is C9H19N. The van der Waals surface area contributed by atoms with Gasteiger partial charge in [0.25, 0.3) is 0 Å². The molecule has 1 nitrogen and oxygen atoms in total. The van der Waals surface area contributed by atoms with E-state index >= 15 is 0 Å². The lowest BCUT2D eigenvalue weighted by atomic mass is 9.96. The van der Waals surface area contributed by atoms with Crippen LogP contribution >= 0.6 is 0 Å². The molecule has 1 rings (SSSR count). The molecule has 1 N–H and O–H groups in total. The monoisotopic (exact) mass is 141 g/mol. The molecule has 0 radical (unpaired) electrons. The zero-order valence-corrected chi connectivity index (χ0v) is 7.19. The molecule has 10 heavy (non-hydrogen) atoms. The average molecular weight is 141 g/mol. The molecular weight excluding hydrogens is 122 g/mol. The Kier molecular flexibility index (Phi) is 3.20. The summed E-state index contributed by atoms with van der Waals surface area (Å²) in [7, 11) is 0. The first-order valence-electron chi connectivity index (χ1n) is 4.52. The molecule has 0 amide bonds. The molecule has 1 heterocycles. The summed E-state index contributed by atoms with van der Waals surface area (Å²) in [4.78, 5) is 0. The highest BCUT2D eigenvalue weighted by atomic mass is 14.9. The van der Waals surface area contributed by atoms with Crippen LogP contribution in [-0.2, 0) is 0 Å². The molecule has 0 aromatic carbocycles. The largest absolute Gasteiger partial charge is 0.314 e. The maximum Gasteiger partial charge on any atom is 0.00695 e. The van der Waals surface area contributed by atoms with Crippen molar-refractivity contribution in [2.24, 2.45) is 5.92 Å². The second-order valence-electron chi connectivity index (χ2n) is 3.78. The van der Waals surface area contributed by atoms with Gasteiger partial charge in [0.2, 0.25) is 0 Å².